The van der Waals surface area contributed by atoms with Crippen LogP contribution < -0.4 is 20.3 Å². The molecule has 34 heavy (non-hydrogen) atoms. The second kappa shape index (κ2) is 12.5. The Hall–Kier alpha value is -3.72. The quantitative estimate of drug-likeness (QED) is 0.285. The SMILES string of the molecule is COc1ccc(CCNC(=O)CSc2nc(O)c(C/C=C/c3ccccc3)c(=O)[nH]2)cc1OC. The van der Waals surface area contributed by atoms with Crippen LogP contribution >= 0.6 is 11.8 Å². The molecule has 0 aliphatic rings. The number of carbonyl (C=O) groups is 1. The van der Waals surface area contributed by atoms with Gasteiger partial charge in [0.1, 0.15) is 0 Å². The summed E-state index contributed by atoms with van der Waals surface area (Å²) in [5.74, 6) is 0.798. The van der Waals surface area contributed by atoms with Gasteiger partial charge in [-0.05, 0) is 29.7 Å². The van der Waals surface area contributed by atoms with Gasteiger partial charge in [0, 0.05) is 13.0 Å². The summed E-state index contributed by atoms with van der Waals surface area (Å²) in [5, 5.41) is 13.2. The average molecular weight is 482 g/mol. The van der Waals surface area contributed by atoms with E-state index in [1.807, 2.05) is 54.6 Å². The minimum atomic E-state index is -0.429. The third kappa shape index (κ3) is 7.14. The summed E-state index contributed by atoms with van der Waals surface area (Å²) in [4.78, 5) is 31.2. The lowest BCUT2D eigenvalue weighted by Gasteiger charge is -2.10. The Morgan fingerprint density at radius 2 is 1.91 bits per heavy atom. The molecule has 2 aromatic carbocycles. The maximum Gasteiger partial charge on any atom is 0.258 e. The van der Waals surface area contributed by atoms with Crippen LogP contribution in [0.15, 0.2) is 64.6 Å². The van der Waals surface area contributed by atoms with Gasteiger partial charge in [-0.15, -0.1) is 0 Å². The van der Waals surface area contributed by atoms with Crippen LogP contribution in [0.2, 0.25) is 0 Å². The van der Waals surface area contributed by atoms with E-state index in [9.17, 15) is 14.7 Å². The average Bonchev–Trinajstić information content (AvgIpc) is 2.85. The van der Waals surface area contributed by atoms with Crippen molar-refractivity contribution in [3.05, 3.63) is 81.7 Å². The van der Waals surface area contributed by atoms with E-state index in [1.54, 1.807) is 20.3 Å². The predicted molar refractivity (Wildman–Crippen MR) is 133 cm³/mol. The second-order valence-electron chi connectivity index (χ2n) is 7.27. The predicted octanol–water partition coefficient (Wildman–Crippen LogP) is 3.20. The maximum absolute atomic E-state index is 12.4. The first-order chi connectivity index (χ1) is 16.5. The van der Waals surface area contributed by atoms with Crippen molar-refractivity contribution in [3.8, 4) is 17.4 Å². The largest absolute Gasteiger partial charge is 0.493 e. The summed E-state index contributed by atoms with van der Waals surface area (Å²) in [6, 6.07) is 15.3. The number of rotatable bonds is 11. The fourth-order valence-corrected chi connectivity index (χ4v) is 3.85. The van der Waals surface area contributed by atoms with Crippen LogP contribution in [0.5, 0.6) is 17.4 Å². The highest BCUT2D eigenvalue weighted by Crippen LogP contribution is 2.27. The summed E-state index contributed by atoms with van der Waals surface area (Å²) in [7, 11) is 3.15. The first kappa shape index (κ1) is 24.9. The van der Waals surface area contributed by atoms with Crippen LogP contribution in [0, 0.1) is 0 Å². The summed E-state index contributed by atoms with van der Waals surface area (Å²) in [6.07, 6.45) is 4.52. The number of aromatic hydroxyl groups is 1. The van der Waals surface area contributed by atoms with Crippen LogP contribution in [-0.2, 0) is 17.6 Å². The van der Waals surface area contributed by atoms with E-state index in [0.29, 0.717) is 24.5 Å². The lowest BCUT2D eigenvalue weighted by atomic mass is 10.1. The van der Waals surface area contributed by atoms with Gasteiger partial charge < -0.3 is 24.9 Å². The third-order valence-corrected chi connectivity index (χ3v) is 5.80. The molecule has 0 spiro atoms. The summed E-state index contributed by atoms with van der Waals surface area (Å²) in [6.45, 7) is 0.441. The summed E-state index contributed by atoms with van der Waals surface area (Å²) < 4.78 is 10.5. The molecule has 1 heterocycles. The van der Waals surface area contributed by atoms with E-state index in [4.69, 9.17) is 9.47 Å². The van der Waals surface area contributed by atoms with Gasteiger partial charge in [-0.3, -0.25) is 9.59 Å². The van der Waals surface area contributed by atoms with Gasteiger partial charge in [0.25, 0.3) is 5.56 Å². The minimum absolute atomic E-state index is 0.0571. The van der Waals surface area contributed by atoms with Crippen molar-refractivity contribution in [1.29, 1.82) is 0 Å². The molecule has 9 heteroatoms. The molecule has 0 radical (unpaired) electrons. The Labute approximate surface area is 202 Å². The molecule has 0 atom stereocenters. The van der Waals surface area contributed by atoms with Gasteiger partial charge in [0.2, 0.25) is 11.8 Å². The van der Waals surface area contributed by atoms with E-state index in [1.165, 1.54) is 0 Å². The molecule has 3 N–H and O–H groups in total. The van der Waals surface area contributed by atoms with Gasteiger partial charge in [-0.2, -0.15) is 4.98 Å². The van der Waals surface area contributed by atoms with Crippen molar-refractivity contribution in [1.82, 2.24) is 15.3 Å². The number of benzene rings is 2. The van der Waals surface area contributed by atoms with Crippen molar-refractivity contribution in [2.45, 2.75) is 18.0 Å². The second-order valence-corrected chi connectivity index (χ2v) is 8.23. The van der Waals surface area contributed by atoms with Crippen molar-refractivity contribution < 1.29 is 19.4 Å². The zero-order valence-corrected chi connectivity index (χ0v) is 19.9. The third-order valence-electron chi connectivity index (χ3n) is 4.93. The Morgan fingerprint density at radius 1 is 1.15 bits per heavy atom. The molecule has 0 bridgehead atoms. The number of allylic oxidation sites excluding steroid dienone is 1. The molecular weight excluding hydrogens is 454 g/mol. The van der Waals surface area contributed by atoms with E-state index in [-0.39, 0.29) is 34.7 Å². The fraction of sp³-hybridized carbons (Fsp3) is 0.240. The number of hydrogen-bond acceptors (Lipinski definition) is 7. The zero-order chi connectivity index (χ0) is 24.3. The minimum Gasteiger partial charge on any atom is -0.493 e. The molecule has 3 aromatic rings. The van der Waals surface area contributed by atoms with Gasteiger partial charge in [0.05, 0.1) is 25.5 Å². The number of ether oxygens (including phenoxy) is 2. The number of amides is 1. The van der Waals surface area contributed by atoms with Crippen LogP contribution in [0.25, 0.3) is 6.08 Å². The van der Waals surface area contributed by atoms with Gasteiger partial charge >= 0.3 is 0 Å². The van der Waals surface area contributed by atoms with Crippen LogP contribution in [-0.4, -0.2) is 47.5 Å². The Bertz CT molecular complexity index is 1190. The lowest BCUT2D eigenvalue weighted by Crippen LogP contribution is -2.27. The highest BCUT2D eigenvalue weighted by molar-refractivity contribution is 7.99. The van der Waals surface area contributed by atoms with Crippen LogP contribution in [0.1, 0.15) is 16.7 Å². The number of methoxy groups -OCH3 is 2. The number of H-pyrrole nitrogens is 1. The van der Waals surface area contributed by atoms with Crippen LogP contribution in [0.3, 0.4) is 0 Å². The monoisotopic (exact) mass is 481 g/mol. The Morgan fingerprint density at radius 3 is 2.62 bits per heavy atom. The van der Waals surface area contributed by atoms with Crippen molar-refractivity contribution in [2.75, 3.05) is 26.5 Å². The molecule has 3 rings (SSSR count). The van der Waals surface area contributed by atoms with E-state index in [0.717, 1.165) is 22.9 Å². The summed E-state index contributed by atoms with van der Waals surface area (Å²) in [5.41, 5.74) is 1.74. The zero-order valence-electron chi connectivity index (χ0n) is 19.0. The molecule has 178 valence electrons. The molecule has 0 fully saturated rings. The number of thioether (sulfide) groups is 1. The summed E-state index contributed by atoms with van der Waals surface area (Å²) >= 11 is 1.05. The molecule has 1 aromatic heterocycles. The lowest BCUT2D eigenvalue weighted by molar-refractivity contribution is -0.118. The number of nitrogens with zero attached hydrogens (tertiary/aromatic N) is 1. The standard InChI is InChI=1S/C25H27N3O5S/c1-32-20-12-11-18(15-21(20)33-2)13-14-26-22(29)16-34-25-27-23(30)19(24(31)28-25)10-6-9-17-7-4-3-5-8-17/h3-9,11-12,15H,10,13-14,16H2,1-2H3,(H,26,29)(H2,27,28,30,31)/b9-6+. The molecule has 1 amide bonds. The molecule has 0 saturated heterocycles. The van der Waals surface area contributed by atoms with Crippen molar-refractivity contribution in [3.63, 3.8) is 0 Å². The first-order valence-electron chi connectivity index (χ1n) is 10.6. The number of nitrogens with one attached hydrogen (secondary N) is 2. The number of carbonyl (C=O) groups excluding carboxylic acids is 1. The van der Waals surface area contributed by atoms with E-state index in [2.05, 4.69) is 15.3 Å². The normalized spacial score (nSPS) is 10.9. The Balaban J connectivity index is 1.48. The number of aromatic nitrogens is 2. The number of hydrogen-bond donors (Lipinski definition) is 3. The van der Waals surface area contributed by atoms with Gasteiger partial charge in [-0.1, -0.05) is 60.3 Å². The molecule has 0 saturated carbocycles. The highest BCUT2D eigenvalue weighted by Gasteiger charge is 2.12. The fourth-order valence-electron chi connectivity index (χ4n) is 3.16. The van der Waals surface area contributed by atoms with E-state index < -0.39 is 5.56 Å². The maximum atomic E-state index is 12.4. The molecule has 0 aliphatic heterocycles. The number of aromatic amines is 1. The Kier molecular flexibility index (Phi) is 9.16. The van der Waals surface area contributed by atoms with Gasteiger partial charge in [0.15, 0.2) is 16.7 Å². The van der Waals surface area contributed by atoms with Crippen molar-refractivity contribution in [2.24, 2.45) is 0 Å². The molecule has 0 unspecified atom stereocenters. The smallest absolute Gasteiger partial charge is 0.258 e. The van der Waals surface area contributed by atoms with Crippen LogP contribution in [0.4, 0.5) is 0 Å². The first-order valence-corrected chi connectivity index (χ1v) is 11.6. The van der Waals surface area contributed by atoms with Gasteiger partial charge in [-0.25, -0.2) is 0 Å². The molecule has 8 nitrogen and oxygen atoms in total. The van der Waals surface area contributed by atoms with E-state index >= 15 is 0 Å². The highest BCUT2D eigenvalue weighted by atomic mass is 32.2. The van der Waals surface area contributed by atoms with Crippen molar-refractivity contribution >= 4 is 23.7 Å². The molecular formula is C25H27N3O5S. The topological polar surface area (TPSA) is 114 Å². The molecule has 0 aliphatic carbocycles.